The molecule has 3 aliphatic rings. The number of anilines is 1. The molecular weight excluding hydrogens is 435 g/mol. The average Bonchev–Trinajstić information content (AvgIpc) is 3.13. The van der Waals surface area contributed by atoms with Gasteiger partial charge >= 0.3 is 5.97 Å². The maximum Gasteiger partial charge on any atom is 0.312 e. The lowest BCUT2D eigenvalue weighted by atomic mass is 9.75. The minimum Gasteiger partial charge on any atom is -0.462 e. The van der Waals surface area contributed by atoms with Crippen LogP contribution < -0.4 is 4.90 Å². The van der Waals surface area contributed by atoms with E-state index in [1.165, 1.54) is 12.1 Å². The molecule has 3 saturated heterocycles. The van der Waals surface area contributed by atoms with Gasteiger partial charge in [-0.25, -0.2) is 4.39 Å². The zero-order valence-corrected chi connectivity index (χ0v) is 21.1. The number of rotatable bonds is 6. The molecule has 3 heterocycles. The first-order valence-electron chi connectivity index (χ1n) is 12.5. The number of nitrogens with zero attached hydrogens (tertiary/aromatic N) is 4. The first kappa shape index (κ1) is 24.9. The maximum atomic E-state index is 13.2. The molecule has 3 fully saturated rings. The molecule has 1 amide bonds. The second-order valence-corrected chi connectivity index (χ2v) is 10.9. The number of ether oxygens (including phenoxy) is 1. The highest BCUT2D eigenvalue weighted by Crippen LogP contribution is 2.44. The summed E-state index contributed by atoms with van der Waals surface area (Å²) >= 11 is 0. The normalized spacial score (nSPS) is 23.6. The van der Waals surface area contributed by atoms with Crippen LogP contribution in [0.1, 0.15) is 39.5 Å². The van der Waals surface area contributed by atoms with Crippen LogP contribution in [-0.2, 0) is 14.3 Å². The molecule has 8 heteroatoms. The fourth-order valence-electron chi connectivity index (χ4n) is 5.33. The van der Waals surface area contributed by atoms with E-state index in [0.717, 1.165) is 51.3 Å². The molecule has 4 rings (SSSR count). The zero-order valence-electron chi connectivity index (χ0n) is 21.1. The van der Waals surface area contributed by atoms with E-state index in [0.29, 0.717) is 25.9 Å². The number of hydrogen-bond acceptors (Lipinski definition) is 6. The molecule has 0 radical (unpaired) electrons. The predicted octanol–water partition coefficient (Wildman–Crippen LogP) is 2.60. The van der Waals surface area contributed by atoms with Crippen LogP contribution >= 0.6 is 0 Å². The monoisotopic (exact) mass is 474 g/mol. The van der Waals surface area contributed by atoms with E-state index in [1.54, 1.807) is 0 Å². The summed E-state index contributed by atoms with van der Waals surface area (Å²) in [7, 11) is 3.84. The molecule has 1 aromatic rings. The van der Waals surface area contributed by atoms with Gasteiger partial charge < -0.3 is 14.5 Å². The third kappa shape index (κ3) is 5.08. The Kier molecular flexibility index (Phi) is 7.20. The van der Waals surface area contributed by atoms with Crippen molar-refractivity contribution in [1.29, 1.82) is 0 Å². The van der Waals surface area contributed by atoms with Gasteiger partial charge in [0.15, 0.2) is 0 Å². The second-order valence-electron chi connectivity index (χ2n) is 10.9. The van der Waals surface area contributed by atoms with Gasteiger partial charge in [-0.05, 0) is 71.5 Å². The van der Waals surface area contributed by atoms with E-state index in [-0.39, 0.29) is 23.8 Å². The number of cyclic esters (lactones) is 1. The number of esters is 1. The van der Waals surface area contributed by atoms with Crippen molar-refractivity contribution in [2.45, 2.75) is 51.2 Å². The summed E-state index contributed by atoms with van der Waals surface area (Å²) in [6.45, 7) is 9.74. The average molecular weight is 475 g/mol. The minimum atomic E-state index is -0.552. The van der Waals surface area contributed by atoms with Crippen LogP contribution in [0.15, 0.2) is 24.3 Å². The summed E-state index contributed by atoms with van der Waals surface area (Å²) in [5, 5.41) is 0. The van der Waals surface area contributed by atoms with Crippen molar-refractivity contribution in [2.24, 2.45) is 5.41 Å². The topological polar surface area (TPSA) is 56.3 Å². The molecule has 0 aliphatic carbocycles. The van der Waals surface area contributed by atoms with Crippen LogP contribution in [0.4, 0.5) is 10.1 Å². The summed E-state index contributed by atoms with van der Waals surface area (Å²) in [5.74, 6) is -0.159. The molecule has 0 N–H and O–H groups in total. The Bertz CT molecular complexity index is 873. The molecular formula is C26H39FN4O3. The molecule has 34 heavy (non-hydrogen) atoms. The van der Waals surface area contributed by atoms with Crippen LogP contribution in [0.25, 0.3) is 0 Å². The molecule has 0 bridgehead atoms. The Balaban J connectivity index is 1.23. The van der Waals surface area contributed by atoms with Crippen molar-refractivity contribution < 1.29 is 18.7 Å². The number of likely N-dealkylation sites (N-methyl/N-ethyl adjacent to an activating group) is 1. The summed E-state index contributed by atoms with van der Waals surface area (Å²) < 4.78 is 19.0. The van der Waals surface area contributed by atoms with Crippen LogP contribution in [0.5, 0.6) is 0 Å². The van der Waals surface area contributed by atoms with Crippen molar-refractivity contribution in [3.05, 3.63) is 30.1 Å². The Morgan fingerprint density at radius 3 is 2.29 bits per heavy atom. The smallest absolute Gasteiger partial charge is 0.312 e. The molecule has 7 nitrogen and oxygen atoms in total. The number of carbonyl (C=O) groups is 2. The lowest BCUT2D eigenvalue weighted by Crippen LogP contribution is -2.56. The molecule has 0 unspecified atom stereocenters. The van der Waals surface area contributed by atoms with Crippen LogP contribution in [-0.4, -0.2) is 98.1 Å². The molecule has 0 saturated carbocycles. The fraction of sp³-hybridized carbons (Fsp3) is 0.692. The van der Waals surface area contributed by atoms with Gasteiger partial charge in [-0.15, -0.1) is 0 Å². The number of piperidine rings is 1. The number of carbonyl (C=O) groups excluding carboxylic acids is 2. The van der Waals surface area contributed by atoms with Crippen LogP contribution in [0.3, 0.4) is 0 Å². The number of likely N-dealkylation sites (tertiary alicyclic amines) is 1. The number of halogens is 1. The molecule has 1 aromatic carbocycles. The Hall–Kier alpha value is -2.19. The molecule has 1 atom stereocenters. The quantitative estimate of drug-likeness (QED) is 0.591. The Morgan fingerprint density at radius 2 is 1.71 bits per heavy atom. The minimum absolute atomic E-state index is 0.0388. The molecule has 188 valence electrons. The van der Waals surface area contributed by atoms with Crippen molar-refractivity contribution in [3.8, 4) is 0 Å². The fourth-order valence-corrected chi connectivity index (χ4v) is 5.33. The SMILES string of the molecule is CN(C)C(C)(C)C(=O)N1CCC2(CC1)C[C@H](CCN1CCN(c3ccc(F)cc3)CC1)OC2=O. The summed E-state index contributed by atoms with van der Waals surface area (Å²) in [4.78, 5) is 34.4. The van der Waals surface area contributed by atoms with Gasteiger partial charge in [-0.1, -0.05) is 0 Å². The van der Waals surface area contributed by atoms with Gasteiger partial charge in [0.2, 0.25) is 5.91 Å². The zero-order chi connectivity index (χ0) is 24.5. The van der Waals surface area contributed by atoms with Crippen molar-refractivity contribution in [1.82, 2.24) is 14.7 Å². The van der Waals surface area contributed by atoms with Crippen molar-refractivity contribution >= 4 is 17.6 Å². The van der Waals surface area contributed by atoms with E-state index in [2.05, 4.69) is 9.80 Å². The van der Waals surface area contributed by atoms with E-state index >= 15 is 0 Å². The lowest BCUT2D eigenvalue weighted by molar-refractivity contribution is -0.154. The Labute approximate surface area is 202 Å². The lowest BCUT2D eigenvalue weighted by Gasteiger charge is -2.41. The van der Waals surface area contributed by atoms with Crippen molar-refractivity contribution in [2.75, 3.05) is 64.8 Å². The van der Waals surface area contributed by atoms with Gasteiger partial charge in [-0.3, -0.25) is 19.4 Å². The van der Waals surface area contributed by atoms with Gasteiger partial charge in [0.25, 0.3) is 0 Å². The molecule has 3 aliphatic heterocycles. The number of benzene rings is 1. The highest BCUT2D eigenvalue weighted by atomic mass is 19.1. The second kappa shape index (κ2) is 9.82. The summed E-state index contributed by atoms with van der Waals surface area (Å²) in [6.07, 6.45) is 2.95. The van der Waals surface area contributed by atoms with E-state index in [4.69, 9.17) is 4.74 Å². The number of piperazine rings is 1. The van der Waals surface area contributed by atoms with E-state index < -0.39 is 11.0 Å². The maximum absolute atomic E-state index is 13.2. The third-order valence-corrected chi connectivity index (χ3v) is 8.31. The summed E-state index contributed by atoms with van der Waals surface area (Å²) in [5.41, 5.74) is 0.0843. The van der Waals surface area contributed by atoms with Crippen molar-refractivity contribution in [3.63, 3.8) is 0 Å². The third-order valence-electron chi connectivity index (χ3n) is 8.31. The number of amides is 1. The van der Waals surface area contributed by atoms with E-state index in [9.17, 15) is 14.0 Å². The van der Waals surface area contributed by atoms with Gasteiger partial charge in [0.1, 0.15) is 11.9 Å². The summed E-state index contributed by atoms with van der Waals surface area (Å²) in [6, 6.07) is 6.69. The van der Waals surface area contributed by atoms with Gasteiger partial charge in [0.05, 0.1) is 11.0 Å². The van der Waals surface area contributed by atoms with Crippen LogP contribution in [0, 0.1) is 11.2 Å². The predicted molar refractivity (Wildman–Crippen MR) is 130 cm³/mol. The number of hydrogen-bond donors (Lipinski definition) is 0. The van der Waals surface area contributed by atoms with E-state index in [1.807, 2.05) is 49.9 Å². The largest absolute Gasteiger partial charge is 0.462 e. The highest BCUT2D eigenvalue weighted by molar-refractivity contribution is 5.86. The molecule has 0 aromatic heterocycles. The Morgan fingerprint density at radius 1 is 1.09 bits per heavy atom. The highest BCUT2D eigenvalue weighted by Gasteiger charge is 2.51. The first-order chi connectivity index (χ1) is 16.1. The van der Waals surface area contributed by atoms with Gasteiger partial charge in [0, 0.05) is 57.9 Å². The molecule has 1 spiro atoms. The first-order valence-corrected chi connectivity index (χ1v) is 12.5. The van der Waals surface area contributed by atoms with Gasteiger partial charge in [-0.2, -0.15) is 0 Å². The van der Waals surface area contributed by atoms with Crippen LogP contribution in [0.2, 0.25) is 0 Å². The standard InChI is InChI=1S/C26H39FN4O3/c1-25(2,28(3)4)23(32)31-13-10-26(11-14-31)19-22(34-24(26)33)9-12-29-15-17-30(18-16-29)21-7-5-20(27)6-8-21/h5-8,22H,9-19H2,1-4H3/t22-/m0/s1.